The second-order valence-corrected chi connectivity index (χ2v) is 5.56. The third-order valence-corrected chi connectivity index (χ3v) is 4.09. The summed E-state index contributed by atoms with van der Waals surface area (Å²) in [7, 11) is 0. The van der Waals surface area contributed by atoms with Crippen LogP contribution in [0.4, 0.5) is 0 Å². The van der Waals surface area contributed by atoms with Gasteiger partial charge >= 0.3 is 5.97 Å². The lowest BCUT2D eigenvalue weighted by Gasteiger charge is -2.13. The first-order chi connectivity index (χ1) is 12.2. The van der Waals surface area contributed by atoms with E-state index in [1.165, 1.54) is 0 Å². The third-order valence-electron chi connectivity index (χ3n) is 4.09. The first-order valence-corrected chi connectivity index (χ1v) is 7.72. The summed E-state index contributed by atoms with van der Waals surface area (Å²) in [6.07, 6.45) is 0. The molecule has 0 atom stereocenters. The van der Waals surface area contributed by atoms with E-state index < -0.39 is 5.97 Å². The SMILES string of the molecule is O=C(OCCN1C(=O)c2ccccc2C1=O)c1n[nH]c2ccccc12. The van der Waals surface area contributed by atoms with Crippen molar-refractivity contribution in [3.63, 3.8) is 0 Å². The van der Waals surface area contributed by atoms with Crippen LogP contribution in [0.25, 0.3) is 10.9 Å². The summed E-state index contributed by atoms with van der Waals surface area (Å²) in [5, 5.41) is 7.38. The van der Waals surface area contributed by atoms with Crippen molar-refractivity contribution in [2.75, 3.05) is 13.2 Å². The van der Waals surface area contributed by atoms with E-state index in [0.717, 1.165) is 10.4 Å². The summed E-state index contributed by atoms with van der Waals surface area (Å²) < 4.78 is 5.18. The molecule has 0 aliphatic carbocycles. The minimum Gasteiger partial charge on any atom is -0.459 e. The second kappa shape index (κ2) is 5.86. The number of benzene rings is 2. The van der Waals surface area contributed by atoms with Crippen molar-refractivity contribution in [3.05, 3.63) is 65.4 Å². The van der Waals surface area contributed by atoms with Gasteiger partial charge in [0.1, 0.15) is 6.61 Å². The van der Waals surface area contributed by atoms with Gasteiger partial charge in [-0.25, -0.2) is 4.79 Å². The summed E-state index contributed by atoms with van der Waals surface area (Å²) in [6.45, 7) is -0.0913. The van der Waals surface area contributed by atoms with Gasteiger partial charge < -0.3 is 4.74 Å². The molecule has 4 rings (SSSR count). The molecule has 0 fully saturated rings. The Kier molecular flexibility index (Phi) is 3.53. The molecule has 1 N–H and O–H groups in total. The van der Waals surface area contributed by atoms with Crippen LogP contribution >= 0.6 is 0 Å². The molecule has 2 aromatic carbocycles. The average Bonchev–Trinajstić information content (AvgIpc) is 3.17. The summed E-state index contributed by atoms with van der Waals surface area (Å²) in [6, 6.07) is 13.8. The predicted molar refractivity (Wildman–Crippen MR) is 88.2 cm³/mol. The number of nitrogens with one attached hydrogen (secondary N) is 1. The van der Waals surface area contributed by atoms with Crippen LogP contribution in [0.15, 0.2) is 48.5 Å². The number of hydrogen-bond acceptors (Lipinski definition) is 5. The van der Waals surface area contributed by atoms with Crippen molar-refractivity contribution in [1.82, 2.24) is 15.1 Å². The van der Waals surface area contributed by atoms with Crippen molar-refractivity contribution >= 4 is 28.7 Å². The fraction of sp³-hybridized carbons (Fsp3) is 0.111. The average molecular weight is 335 g/mol. The maximum Gasteiger partial charge on any atom is 0.359 e. The minimum atomic E-state index is -0.603. The number of esters is 1. The largest absolute Gasteiger partial charge is 0.459 e. The van der Waals surface area contributed by atoms with Crippen molar-refractivity contribution in [1.29, 1.82) is 0 Å². The molecule has 7 heteroatoms. The fourth-order valence-electron chi connectivity index (χ4n) is 2.86. The van der Waals surface area contributed by atoms with Crippen molar-refractivity contribution < 1.29 is 19.1 Å². The Balaban J connectivity index is 1.42. The summed E-state index contributed by atoms with van der Waals surface area (Å²) in [4.78, 5) is 37.7. The Bertz CT molecular complexity index is 973. The van der Waals surface area contributed by atoms with Crippen LogP contribution in [0.3, 0.4) is 0 Å². The second-order valence-electron chi connectivity index (χ2n) is 5.56. The van der Waals surface area contributed by atoms with Crippen LogP contribution in [0.5, 0.6) is 0 Å². The lowest BCUT2D eigenvalue weighted by Crippen LogP contribution is -2.33. The summed E-state index contributed by atoms with van der Waals surface area (Å²) >= 11 is 0. The van der Waals surface area contributed by atoms with E-state index in [0.29, 0.717) is 16.5 Å². The number of imide groups is 1. The van der Waals surface area contributed by atoms with E-state index >= 15 is 0 Å². The smallest absolute Gasteiger partial charge is 0.359 e. The maximum absolute atomic E-state index is 12.2. The number of hydrogen-bond donors (Lipinski definition) is 1. The van der Waals surface area contributed by atoms with Gasteiger partial charge in [0.2, 0.25) is 0 Å². The molecule has 0 unspecified atom stereocenters. The molecule has 0 saturated heterocycles. The van der Waals surface area contributed by atoms with E-state index in [9.17, 15) is 14.4 Å². The molecule has 1 aliphatic heterocycles. The first-order valence-electron chi connectivity index (χ1n) is 7.72. The van der Waals surface area contributed by atoms with Gasteiger partial charge in [-0.3, -0.25) is 19.6 Å². The topological polar surface area (TPSA) is 92.4 Å². The molecule has 0 radical (unpaired) electrons. The van der Waals surface area contributed by atoms with Gasteiger partial charge in [0.15, 0.2) is 5.69 Å². The minimum absolute atomic E-state index is 0.000439. The highest BCUT2D eigenvalue weighted by atomic mass is 16.5. The van der Waals surface area contributed by atoms with Crippen LogP contribution in [0, 0.1) is 0 Å². The highest BCUT2D eigenvalue weighted by Gasteiger charge is 2.34. The van der Waals surface area contributed by atoms with Crippen LogP contribution in [-0.2, 0) is 4.74 Å². The van der Waals surface area contributed by atoms with E-state index in [1.54, 1.807) is 42.5 Å². The molecular formula is C18H13N3O4. The number of rotatable bonds is 4. The number of H-pyrrole nitrogens is 1. The van der Waals surface area contributed by atoms with E-state index in [4.69, 9.17) is 4.74 Å². The predicted octanol–water partition coefficient (Wildman–Crippen LogP) is 2.02. The van der Waals surface area contributed by atoms with Gasteiger partial charge in [0.05, 0.1) is 23.2 Å². The number of carbonyl (C=O) groups is 3. The summed E-state index contributed by atoms with van der Waals surface area (Å²) in [5.41, 5.74) is 1.65. The molecule has 0 saturated carbocycles. The van der Waals surface area contributed by atoms with Gasteiger partial charge in [-0.1, -0.05) is 30.3 Å². The molecule has 0 spiro atoms. The van der Waals surface area contributed by atoms with Crippen molar-refractivity contribution in [2.45, 2.75) is 0 Å². The Morgan fingerprint density at radius 2 is 1.64 bits per heavy atom. The molecule has 2 amide bonds. The van der Waals surface area contributed by atoms with Gasteiger partial charge in [-0.15, -0.1) is 0 Å². The Labute approximate surface area is 142 Å². The highest BCUT2D eigenvalue weighted by Crippen LogP contribution is 2.22. The Morgan fingerprint density at radius 1 is 1.00 bits per heavy atom. The van der Waals surface area contributed by atoms with Gasteiger partial charge in [0.25, 0.3) is 11.8 Å². The monoisotopic (exact) mass is 335 g/mol. The Morgan fingerprint density at radius 3 is 2.36 bits per heavy atom. The molecule has 3 aromatic rings. The number of aromatic amines is 1. The molecule has 25 heavy (non-hydrogen) atoms. The third kappa shape index (κ3) is 2.46. The zero-order chi connectivity index (χ0) is 17.4. The van der Waals surface area contributed by atoms with Crippen molar-refractivity contribution in [2.24, 2.45) is 0 Å². The quantitative estimate of drug-likeness (QED) is 0.582. The van der Waals surface area contributed by atoms with Crippen LogP contribution in [0.2, 0.25) is 0 Å². The van der Waals surface area contributed by atoms with E-state index in [-0.39, 0.29) is 30.7 Å². The normalized spacial score (nSPS) is 13.4. The Hall–Kier alpha value is -3.48. The van der Waals surface area contributed by atoms with Crippen molar-refractivity contribution in [3.8, 4) is 0 Å². The van der Waals surface area contributed by atoms with Crippen LogP contribution in [-0.4, -0.2) is 46.0 Å². The van der Waals surface area contributed by atoms with Crippen LogP contribution in [0.1, 0.15) is 31.2 Å². The molecule has 2 heterocycles. The number of para-hydroxylation sites is 1. The lowest BCUT2D eigenvalue weighted by molar-refractivity contribution is 0.0417. The lowest BCUT2D eigenvalue weighted by atomic mass is 10.1. The van der Waals surface area contributed by atoms with Gasteiger partial charge in [0, 0.05) is 5.39 Å². The number of ether oxygens (including phenoxy) is 1. The van der Waals surface area contributed by atoms with Crippen LogP contribution < -0.4 is 0 Å². The molecule has 1 aromatic heterocycles. The standard InChI is InChI=1S/C18H13N3O4/c22-16-11-5-1-2-6-12(11)17(23)21(16)9-10-25-18(24)15-13-7-3-4-8-14(13)19-20-15/h1-8H,9-10H2,(H,19,20). The zero-order valence-electron chi connectivity index (χ0n) is 13.1. The molecule has 0 bridgehead atoms. The molecule has 7 nitrogen and oxygen atoms in total. The zero-order valence-corrected chi connectivity index (χ0v) is 13.1. The van der Waals surface area contributed by atoms with Gasteiger partial charge in [-0.05, 0) is 18.2 Å². The number of amides is 2. The summed E-state index contributed by atoms with van der Waals surface area (Å²) in [5.74, 6) is -1.35. The highest BCUT2D eigenvalue weighted by molar-refractivity contribution is 6.21. The van der Waals surface area contributed by atoms with E-state index in [2.05, 4.69) is 10.2 Å². The molecule has 1 aliphatic rings. The number of carbonyl (C=O) groups excluding carboxylic acids is 3. The number of aromatic nitrogens is 2. The number of nitrogens with zero attached hydrogens (tertiary/aromatic N) is 2. The van der Waals surface area contributed by atoms with Gasteiger partial charge in [-0.2, -0.15) is 5.10 Å². The maximum atomic E-state index is 12.2. The molecule has 124 valence electrons. The molecular weight excluding hydrogens is 322 g/mol. The number of fused-ring (bicyclic) bond motifs is 2. The fourth-order valence-corrected chi connectivity index (χ4v) is 2.86. The first kappa shape index (κ1) is 15.1. The van der Waals surface area contributed by atoms with E-state index in [1.807, 2.05) is 6.07 Å².